The third-order valence-corrected chi connectivity index (χ3v) is 2.53. The predicted molar refractivity (Wildman–Crippen MR) is 60.4 cm³/mol. The van der Waals surface area contributed by atoms with Crippen LogP contribution < -0.4 is 5.32 Å². The van der Waals surface area contributed by atoms with Crippen LogP contribution in [0.1, 0.15) is 39.0 Å². The standard InChI is InChI=1S/C11H18N2O4/c1-2-7-13(8-3-4-8)11(17)12-9(14)5-6-10(15)16/h8H,2-7H2,1H3,(H,15,16)(H,12,14,17). The van der Waals surface area contributed by atoms with E-state index in [1.54, 1.807) is 4.90 Å². The SMILES string of the molecule is CCCN(C(=O)NC(=O)CCC(=O)O)C1CC1. The van der Waals surface area contributed by atoms with E-state index in [1.165, 1.54) is 0 Å². The van der Waals surface area contributed by atoms with Crippen LogP contribution in [0.5, 0.6) is 0 Å². The third kappa shape index (κ3) is 4.84. The normalized spacial score (nSPS) is 14.2. The Labute approximate surface area is 100.0 Å². The van der Waals surface area contributed by atoms with Crippen molar-refractivity contribution in [3.05, 3.63) is 0 Å². The Bertz CT molecular complexity index is 313. The highest BCUT2D eigenvalue weighted by molar-refractivity contribution is 5.95. The lowest BCUT2D eigenvalue weighted by Crippen LogP contribution is -2.44. The predicted octanol–water partition coefficient (Wildman–Crippen LogP) is 0.962. The molecule has 0 aromatic heterocycles. The van der Waals surface area contributed by atoms with Gasteiger partial charge in [0.25, 0.3) is 0 Å². The molecule has 0 unspecified atom stereocenters. The van der Waals surface area contributed by atoms with Gasteiger partial charge in [-0.25, -0.2) is 4.79 Å². The van der Waals surface area contributed by atoms with Crippen molar-refractivity contribution < 1.29 is 19.5 Å². The highest BCUT2D eigenvalue weighted by Gasteiger charge is 2.32. The van der Waals surface area contributed by atoms with Gasteiger partial charge in [-0.05, 0) is 19.3 Å². The number of carboxylic acids is 1. The average molecular weight is 242 g/mol. The lowest BCUT2D eigenvalue weighted by atomic mass is 10.3. The van der Waals surface area contributed by atoms with Crippen molar-refractivity contribution >= 4 is 17.9 Å². The molecule has 0 aromatic carbocycles. The van der Waals surface area contributed by atoms with Crippen LogP contribution in [-0.2, 0) is 9.59 Å². The van der Waals surface area contributed by atoms with E-state index in [4.69, 9.17) is 5.11 Å². The van der Waals surface area contributed by atoms with Crippen LogP contribution in [0.25, 0.3) is 0 Å². The van der Waals surface area contributed by atoms with Crippen molar-refractivity contribution in [2.24, 2.45) is 0 Å². The molecule has 6 heteroatoms. The Balaban J connectivity index is 2.35. The Morgan fingerprint density at radius 1 is 1.29 bits per heavy atom. The van der Waals surface area contributed by atoms with E-state index in [0.717, 1.165) is 19.3 Å². The van der Waals surface area contributed by atoms with Crippen molar-refractivity contribution in [1.82, 2.24) is 10.2 Å². The number of nitrogens with zero attached hydrogens (tertiary/aromatic N) is 1. The second kappa shape index (κ2) is 6.22. The lowest BCUT2D eigenvalue weighted by molar-refractivity contribution is -0.138. The minimum absolute atomic E-state index is 0.161. The average Bonchev–Trinajstić information content (AvgIpc) is 3.06. The maximum absolute atomic E-state index is 11.7. The highest BCUT2D eigenvalue weighted by Crippen LogP contribution is 2.26. The molecule has 0 heterocycles. The molecule has 0 saturated heterocycles. The minimum Gasteiger partial charge on any atom is -0.481 e. The summed E-state index contributed by atoms with van der Waals surface area (Å²) in [5.74, 6) is -1.57. The van der Waals surface area contributed by atoms with Gasteiger partial charge in [0.15, 0.2) is 0 Å². The van der Waals surface area contributed by atoms with Gasteiger partial charge < -0.3 is 10.0 Å². The van der Waals surface area contributed by atoms with Crippen molar-refractivity contribution in [3.8, 4) is 0 Å². The van der Waals surface area contributed by atoms with Crippen LogP contribution >= 0.6 is 0 Å². The number of hydrogen-bond acceptors (Lipinski definition) is 3. The molecule has 1 fully saturated rings. The molecule has 1 saturated carbocycles. The molecule has 0 bridgehead atoms. The number of nitrogens with one attached hydrogen (secondary N) is 1. The summed E-state index contributed by atoms with van der Waals surface area (Å²) in [7, 11) is 0. The van der Waals surface area contributed by atoms with E-state index < -0.39 is 17.9 Å². The lowest BCUT2D eigenvalue weighted by Gasteiger charge is -2.21. The van der Waals surface area contributed by atoms with Crippen molar-refractivity contribution in [1.29, 1.82) is 0 Å². The van der Waals surface area contributed by atoms with E-state index in [1.807, 2.05) is 6.92 Å². The Kier molecular flexibility index (Phi) is 4.93. The maximum atomic E-state index is 11.7. The van der Waals surface area contributed by atoms with Gasteiger partial charge in [-0.2, -0.15) is 0 Å². The van der Waals surface area contributed by atoms with Gasteiger partial charge in [0.1, 0.15) is 0 Å². The van der Waals surface area contributed by atoms with Crippen LogP contribution in [-0.4, -0.2) is 40.5 Å². The second-order valence-electron chi connectivity index (χ2n) is 4.17. The first kappa shape index (κ1) is 13.5. The maximum Gasteiger partial charge on any atom is 0.324 e. The van der Waals surface area contributed by atoms with E-state index in [-0.39, 0.29) is 18.9 Å². The highest BCUT2D eigenvalue weighted by atomic mass is 16.4. The molecule has 1 aliphatic carbocycles. The fraction of sp³-hybridized carbons (Fsp3) is 0.727. The van der Waals surface area contributed by atoms with Gasteiger partial charge in [-0.15, -0.1) is 0 Å². The molecule has 2 N–H and O–H groups in total. The number of carbonyl (C=O) groups excluding carboxylic acids is 2. The fourth-order valence-corrected chi connectivity index (χ4v) is 1.55. The molecule has 3 amide bonds. The van der Waals surface area contributed by atoms with E-state index in [9.17, 15) is 14.4 Å². The molecule has 17 heavy (non-hydrogen) atoms. The summed E-state index contributed by atoms with van der Waals surface area (Å²) in [6, 6.07) is -0.146. The van der Waals surface area contributed by atoms with Crippen LogP contribution in [0.4, 0.5) is 4.79 Å². The number of hydrogen-bond donors (Lipinski definition) is 2. The number of rotatable bonds is 6. The van der Waals surface area contributed by atoms with Crippen LogP contribution in [0, 0.1) is 0 Å². The second-order valence-corrected chi connectivity index (χ2v) is 4.17. The Morgan fingerprint density at radius 3 is 2.41 bits per heavy atom. The molecule has 1 aliphatic rings. The van der Waals surface area contributed by atoms with Gasteiger partial charge >= 0.3 is 12.0 Å². The molecule has 6 nitrogen and oxygen atoms in total. The smallest absolute Gasteiger partial charge is 0.324 e. The van der Waals surface area contributed by atoms with Gasteiger partial charge in [0.05, 0.1) is 6.42 Å². The van der Waals surface area contributed by atoms with Crippen molar-refractivity contribution in [2.75, 3.05) is 6.54 Å². The molecule has 0 aliphatic heterocycles. The van der Waals surface area contributed by atoms with Crippen molar-refractivity contribution in [3.63, 3.8) is 0 Å². The summed E-state index contributed by atoms with van der Waals surface area (Å²) in [5.41, 5.74) is 0. The summed E-state index contributed by atoms with van der Waals surface area (Å²) in [5, 5.41) is 10.6. The largest absolute Gasteiger partial charge is 0.481 e. The monoisotopic (exact) mass is 242 g/mol. The molecular formula is C11H18N2O4. The number of imide groups is 1. The summed E-state index contributed by atoms with van der Waals surface area (Å²) in [6.07, 6.45) is 2.39. The fourth-order valence-electron chi connectivity index (χ4n) is 1.55. The van der Waals surface area contributed by atoms with Gasteiger partial charge in [0, 0.05) is 19.0 Å². The molecular weight excluding hydrogens is 224 g/mol. The first-order valence-electron chi connectivity index (χ1n) is 5.86. The number of carbonyl (C=O) groups is 3. The zero-order chi connectivity index (χ0) is 12.8. The Hall–Kier alpha value is -1.59. The third-order valence-electron chi connectivity index (χ3n) is 2.53. The van der Waals surface area contributed by atoms with Crippen LogP contribution in [0.2, 0.25) is 0 Å². The topological polar surface area (TPSA) is 86.7 Å². The first-order chi connectivity index (χ1) is 8.04. The zero-order valence-corrected chi connectivity index (χ0v) is 9.94. The van der Waals surface area contributed by atoms with Crippen LogP contribution in [0.3, 0.4) is 0 Å². The van der Waals surface area contributed by atoms with E-state index in [0.29, 0.717) is 6.54 Å². The summed E-state index contributed by atoms with van der Waals surface area (Å²) < 4.78 is 0. The molecule has 96 valence electrons. The summed E-state index contributed by atoms with van der Waals surface area (Å²) in [6.45, 7) is 2.59. The van der Waals surface area contributed by atoms with Gasteiger partial charge in [0.2, 0.25) is 5.91 Å². The quantitative estimate of drug-likeness (QED) is 0.726. The van der Waals surface area contributed by atoms with Gasteiger partial charge in [-0.3, -0.25) is 14.9 Å². The number of aliphatic carboxylic acids is 1. The van der Waals surface area contributed by atoms with E-state index >= 15 is 0 Å². The molecule has 0 aromatic rings. The molecule has 0 atom stereocenters. The summed E-state index contributed by atoms with van der Waals surface area (Å²) in [4.78, 5) is 34.9. The van der Waals surface area contributed by atoms with E-state index in [2.05, 4.69) is 5.32 Å². The molecule has 1 rings (SSSR count). The number of amides is 3. The molecule has 0 spiro atoms. The Morgan fingerprint density at radius 2 is 1.94 bits per heavy atom. The summed E-state index contributed by atoms with van der Waals surface area (Å²) >= 11 is 0. The number of carboxylic acid groups (broad SMARTS) is 1. The zero-order valence-electron chi connectivity index (χ0n) is 9.94. The van der Waals surface area contributed by atoms with Crippen molar-refractivity contribution in [2.45, 2.75) is 45.1 Å². The van der Waals surface area contributed by atoms with Crippen LogP contribution in [0.15, 0.2) is 0 Å². The molecule has 0 radical (unpaired) electrons. The van der Waals surface area contributed by atoms with Gasteiger partial charge in [-0.1, -0.05) is 6.92 Å². The number of urea groups is 1. The minimum atomic E-state index is -1.04. The first-order valence-corrected chi connectivity index (χ1v) is 5.86.